The zero-order valence-electron chi connectivity index (χ0n) is 12.8. The van der Waals surface area contributed by atoms with Crippen molar-refractivity contribution in [3.63, 3.8) is 0 Å². The first-order valence-corrected chi connectivity index (χ1v) is 7.46. The van der Waals surface area contributed by atoms with E-state index in [-0.39, 0.29) is 17.9 Å². The Bertz CT molecular complexity index is 898. The molecular formula is C18H17N3O2. The van der Waals surface area contributed by atoms with Gasteiger partial charge in [-0.1, -0.05) is 29.8 Å². The molecule has 0 atom stereocenters. The molecule has 0 spiro atoms. The fourth-order valence-corrected chi connectivity index (χ4v) is 2.33. The molecule has 3 aromatic rings. The fraction of sp³-hybridized carbons (Fsp3) is 0.167. The summed E-state index contributed by atoms with van der Waals surface area (Å²) < 4.78 is 0. The van der Waals surface area contributed by atoms with Crippen molar-refractivity contribution in [3.8, 4) is 0 Å². The Labute approximate surface area is 133 Å². The highest BCUT2D eigenvalue weighted by Crippen LogP contribution is 2.10. The van der Waals surface area contributed by atoms with Gasteiger partial charge in [-0.05, 0) is 31.2 Å². The van der Waals surface area contributed by atoms with Gasteiger partial charge >= 0.3 is 0 Å². The number of aromatic amines is 1. The Hall–Kier alpha value is -2.95. The minimum absolute atomic E-state index is 0.136. The summed E-state index contributed by atoms with van der Waals surface area (Å²) in [6.45, 7) is 1.99. The van der Waals surface area contributed by atoms with E-state index in [9.17, 15) is 9.59 Å². The van der Waals surface area contributed by atoms with E-state index in [0.717, 1.165) is 16.8 Å². The quantitative estimate of drug-likeness (QED) is 0.778. The van der Waals surface area contributed by atoms with Crippen molar-refractivity contribution >= 4 is 22.6 Å². The van der Waals surface area contributed by atoms with Gasteiger partial charge in [0.25, 0.3) is 5.56 Å². The molecule has 0 saturated carbocycles. The van der Waals surface area contributed by atoms with Gasteiger partial charge < -0.3 is 10.3 Å². The summed E-state index contributed by atoms with van der Waals surface area (Å²) in [6.07, 6.45) is 0.514. The molecule has 0 unspecified atom stereocenters. The van der Waals surface area contributed by atoms with Crippen molar-refractivity contribution in [1.82, 2.24) is 9.97 Å². The molecule has 2 aromatic carbocycles. The van der Waals surface area contributed by atoms with Crippen LogP contribution in [0.5, 0.6) is 0 Å². The molecule has 5 nitrogen and oxygen atoms in total. The highest BCUT2D eigenvalue weighted by atomic mass is 16.1. The molecule has 1 heterocycles. The lowest BCUT2D eigenvalue weighted by atomic mass is 10.2. The molecule has 116 valence electrons. The largest absolute Gasteiger partial charge is 0.326 e. The molecule has 0 radical (unpaired) electrons. The number of nitrogens with one attached hydrogen (secondary N) is 2. The Morgan fingerprint density at radius 3 is 2.65 bits per heavy atom. The van der Waals surface area contributed by atoms with Crippen LogP contribution < -0.4 is 10.9 Å². The van der Waals surface area contributed by atoms with Crippen LogP contribution in [0.4, 0.5) is 5.69 Å². The number of para-hydroxylation sites is 2. The number of rotatable bonds is 4. The van der Waals surface area contributed by atoms with Crippen molar-refractivity contribution < 1.29 is 4.79 Å². The molecule has 0 saturated heterocycles. The van der Waals surface area contributed by atoms with Gasteiger partial charge in [-0.3, -0.25) is 9.59 Å². The Morgan fingerprint density at radius 2 is 1.87 bits per heavy atom. The first-order valence-electron chi connectivity index (χ1n) is 7.46. The first kappa shape index (κ1) is 15.0. The summed E-state index contributed by atoms with van der Waals surface area (Å²) >= 11 is 0. The number of anilines is 1. The van der Waals surface area contributed by atoms with E-state index in [4.69, 9.17) is 0 Å². The van der Waals surface area contributed by atoms with Gasteiger partial charge in [-0.2, -0.15) is 0 Å². The van der Waals surface area contributed by atoms with Crippen molar-refractivity contribution in [2.45, 2.75) is 19.8 Å². The van der Waals surface area contributed by atoms with Gasteiger partial charge in [0.2, 0.25) is 5.91 Å². The van der Waals surface area contributed by atoms with Crippen LogP contribution in [-0.4, -0.2) is 15.9 Å². The smallest absolute Gasteiger partial charge is 0.270 e. The molecule has 0 aliphatic heterocycles. The van der Waals surface area contributed by atoms with Gasteiger partial charge in [0, 0.05) is 18.5 Å². The second kappa shape index (κ2) is 6.44. The third kappa shape index (κ3) is 3.63. The summed E-state index contributed by atoms with van der Waals surface area (Å²) in [7, 11) is 0. The van der Waals surface area contributed by atoms with Crippen LogP contribution in [0, 0.1) is 6.92 Å². The van der Waals surface area contributed by atoms with Crippen molar-refractivity contribution in [3.05, 3.63) is 70.1 Å². The third-order valence-electron chi connectivity index (χ3n) is 3.59. The van der Waals surface area contributed by atoms with E-state index in [1.165, 1.54) is 0 Å². The molecular weight excluding hydrogens is 290 g/mol. The molecule has 1 aromatic heterocycles. The second-order valence-electron chi connectivity index (χ2n) is 5.44. The van der Waals surface area contributed by atoms with Gasteiger partial charge in [-0.15, -0.1) is 0 Å². The summed E-state index contributed by atoms with van der Waals surface area (Å²) in [5, 5.41) is 2.82. The van der Waals surface area contributed by atoms with Gasteiger partial charge in [0.1, 0.15) is 5.69 Å². The summed E-state index contributed by atoms with van der Waals surface area (Å²) in [5.74, 6) is -0.136. The average Bonchev–Trinajstić information content (AvgIpc) is 2.55. The lowest BCUT2D eigenvalue weighted by molar-refractivity contribution is -0.116. The number of nitrogens with zero attached hydrogens (tertiary/aromatic N) is 1. The number of aromatic nitrogens is 2. The summed E-state index contributed by atoms with van der Waals surface area (Å²) in [5.41, 5.74) is 3.44. The van der Waals surface area contributed by atoms with Crippen LogP contribution >= 0.6 is 0 Å². The van der Waals surface area contributed by atoms with E-state index < -0.39 is 0 Å². The molecule has 3 rings (SSSR count). The van der Waals surface area contributed by atoms with Gasteiger partial charge in [-0.25, -0.2) is 4.98 Å². The topological polar surface area (TPSA) is 74.8 Å². The zero-order chi connectivity index (χ0) is 16.2. The number of carbonyl (C=O) groups excluding carboxylic acids is 1. The van der Waals surface area contributed by atoms with Crippen molar-refractivity contribution in [2.75, 3.05) is 5.32 Å². The van der Waals surface area contributed by atoms with Crippen LogP contribution in [0.25, 0.3) is 11.0 Å². The van der Waals surface area contributed by atoms with Crippen LogP contribution in [0.3, 0.4) is 0 Å². The number of aryl methyl sites for hydroxylation is 2. The highest BCUT2D eigenvalue weighted by Gasteiger charge is 2.08. The number of hydrogen-bond acceptors (Lipinski definition) is 3. The van der Waals surface area contributed by atoms with Crippen molar-refractivity contribution in [1.29, 1.82) is 0 Å². The van der Waals surface area contributed by atoms with Gasteiger partial charge in [0.05, 0.1) is 11.0 Å². The molecule has 23 heavy (non-hydrogen) atoms. The van der Waals surface area contributed by atoms with Gasteiger partial charge in [0.15, 0.2) is 0 Å². The molecule has 0 bridgehead atoms. The SMILES string of the molecule is Cc1ccc(NC(=O)CCc2nc3ccccc3[nH]c2=O)cc1. The average molecular weight is 307 g/mol. The molecule has 0 aliphatic carbocycles. The number of H-pyrrole nitrogens is 1. The van der Waals surface area contributed by atoms with Crippen LogP contribution in [0.15, 0.2) is 53.3 Å². The maximum absolute atomic E-state index is 12.0. The summed E-state index contributed by atoms with van der Waals surface area (Å²) in [6, 6.07) is 14.9. The predicted molar refractivity (Wildman–Crippen MR) is 90.5 cm³/mol. The second-order valence-corrected chi connectivity index (χ2v) is 5.44. The Morgan fingerprint density at radius 1 is 1.13 bits per heavy atom. The fourth-order valence-electron chi connectivity index (χ4n) is 2.33. The molecule has 1 amide bonds. The zero-order valence-corrected chi connectivity index (χ0v) is 12.8. The monoisotopic (exact) mass is 307 g/mol. The predicted octanol–water partition coefficient (Wildman–Crippen LogP) is 2.80. The maximum atomic E-state index is 12.0. The maximum Gasteiger partial charge on any atom is 0.270 e. The molecule has 0 aliphatic rings. The minimum atomic E-state index is -0.244. The number of hydrogen-bond donors (Lipinski definition) is 2. The Kier molecular flexibility index (Phi) is 4.19. The lowest BCUT2D eigenvalue weighted by Gasteiger charge is -2.06. The number of fused-ring (bicyclic) bond motifs is 1. The normalized spacial score (nSPS) is 10.7. The molecule has 2 N–H and O–H groups in total. The van der Waals surface area contributed by atoms with Crippen LogP contribution in [0.1, 0.15) is 17.7 Å². The van der Waals surface area contributed by atoms with E-state index >= 15 is 0 Å². The first-order chi connectivity index (χ1) is 11.1. The number of benzene rings is 2. The highest BCUT2D eigenvalue weighted by molar-refractivity contribution is 5.90. The number of carbonyl (C=O) groups is 1. The molecule has 5 heteroatoms. The standard InChI is InChI=1S/C18H17N3O2/c1-12-6-8-13(9-7-12)19-17(22)11-10-16-18(23)21-15-5-3-2-4-14(15)20-16/h2-9H,10-11H2,1H3,(H,19,22)(H,21,23). The van der Waals surface area contributed by atoms with E-state index in [1.54, 1.807) is 6.07 Å². The lowest BCUT2D eigenvalue weighted by Crippen LogP contribution is -2.19. The van der Waals surface area contributed by atoms with Crippen LogP contribution in [0.2, 0.25) is 0 Å². The summed E-state index contributed by atoms with van der Waals surface area (Å²) in [4.78, 5) is 31.1. The number of amides is 1. The minimum Gasteiger partial charge on any atom is -0.326 e. The Balaban J connectivity index is 1.68. The van der Waals surface area contributed by atoms with E-state index in [2.05, 4.69) is 15.3 Å². The van der Waals surface area contributed by atoms with E-state index in [1.807, 2.05) is 49.4 Å². The third-order valence-corrected chi connectivity index (χ3v) is 3.59. The van der Waals surface area contributed by atoms with Crippen LogP contribution in [-0.2, 0) is 11.2 Å². The van der Waals surface area contributed by atoms with E-state index in [0.29, 0.717) is 17.6 Å². The molecule has 0 fully saturated rings. The van der Waals surface area contributed by atoms with Crippen molar-refractivity contribution in [2.24, 2.45) is 0 Å².